The summed E-state index contributed by atoms with van der Waals surface area (Å²) in [6.07, 6.45) is 1.70. The van der Waals surface area contributed by atoms with Crippen LogP contribution < -0.4 is 5.73 Å². The third kappa shape index (κ3) is 2.80. The number of morpholine rings is 1. The van der Waals surface area contributed by atoms with Gasteiger partial charge in [-0.1, -0.05) is 11.6 Å². The number of nitrogens with zero attached hydrogens (tertiary/aromatic N) is 2. The predicted molar refractivity (Wildman–Crippen MR) is 70.5 cm³/mol. The van der Waals surface area contributed by atoms with Crippen LogP contribution in [0.1, 0.15) is 24.9 Å². The van der Waals surface area contributed by atoms with E-state index in [4.69, 9.17) is 22.1 Å². The first-order valence-electron chi connectivity index (χ1n) is 5.82. The summed E-state index contributed by atoms with van der Waals surface area (Å²) >= 11 is 7.47. The smallest absolute Gasteiger partial charge is 0.114 e. The van der Waals surface area contributed by atoms with Crippen LogP contribution in [0, 0.1) is 0 Å². The molecule has 0 aromatic carbocycles. The van der Waals surface area contributed by atoms with E-state index in [0.717, 1.165) is 18.2 Å². The molecule has 0 amide bonds. The summed E-state index contributed by atoms with van der Waals surface area (Å²) in [7, 11) is 0. The van der Waals surface area contributed by atoms with Crippen LogP contribution in [-0.2, 0) is 4.74 Å². The summed E-state index contributed by atoms with van der Waals surface area (Å²) < 4.78 is 6.45. The lowest BCUT2D eigenvalue weighted by Gasteiger charge is -2.42. The number of ether oxygens (including phenoxy) is 1. The number of hydrogen-bond acceptors (Lipinski definition) is 5. The lowest BCUT2D eigenvalue weighted by molar-refractivity contribution is -0.0789. The van der Waals surface area contributed by atoms with Crippen molar-refractivity contribution in [3.63, 3.8) is 0 Å². The van der Waals surface area contributed by atoms with Gasteiger partial charge < -0.3 is 10.5 Å². The van der Waals surface area contributed by atoms with Gasteiger partial charge in [0.1, 0.15) is 9.34 Å². The van der Waals surface area contributed by atoms with E-state index in [2.05, 4.69) is 23.7 Å². The Balaban J connectivity index is 2.28. The van der Waals surface area contributed by atoms with Gasteiger partial charge in [0, 0.05) is 19.1 Å². The Labute approximate surface area is 111 Å². The first kappa shape index (κ1) is 13.2. The first-order valence-corrected chi connectivity index (χ1v) is 7.01. The fraction of sp³-hybridized carbons (Fsp3) is 0.727. The molecule has 0 spiro atoms. The molecule has 4 nitrogen and oxygen atoms in total. The fourth-order valence-electron chi connectivity index (χ4n) is 2.23. The molecule has 1 fully saturated rings. The number of hydrogen-bond donors (Lipinski definition) is 1. The molecular formula is C11H18ClN3OS. The van der Waals surface area contributed by atoms with Gasteiger partial charge in [0.05, 0.1) is 24.9 Å². The van der Waals surface area contributed by atoms with Crippen molar-refractivity contribution in [1.29, 1.82) is 0 Å². The molecule has 96 valence electrons. The van der Waals surface area contributed by atoms with Crippen LogP contribution in [-0.4, -0.2) is 41.7 Å². The van der Waals surface area contributed by atoms with Gasteiger partial charge in [-0.3, -0.25) is 4.90 Å². The molecule has 0 bridgehead atoms. The zero-order valence-corrected chi connectivity index (χ0v) is 11.7. The third-order valence-electron chi connectivity index (χ3n) is 3.03. The van der Waals surface area contributed by atoms with Crippen LogP contribution in [0.4, 0.5) is 0 Å². The Morgan fingerprint density at radius 3 is 3.00 bits per heavy atom. The lowest BCUT2D eigenvalue weighted by Crippen LogP contribution is -2.50. The van der Waals surface area contributed by atoms with Gasteiger partial charge in [0.15, 0.2) is 0 Å². The molecule has 2 heterocycles. The van der Waals surface area contributed by atoms with Gasteiger partial charge in [-0.2, -0.15) is 0 Å². The molecule has 1 aromatic rings. The maximum absolute atomic E-state index is 5.96. The molecule has 2 unspecified atom stereocenters. The zero-order valence-electron chi connectivity index (χ0n) is 10.1. The molecule has 2 rings (SSSR count). The Bertz CT molecular complexity index is 371. The van der Waals surface area contributed by atoms with E-state index in [1.807, 2.05) is 0 Å². The highest BCUT2D eigenvalue weighted by Gasteiger charge is 2.36. The Morgan fingerprint density at radius 1 is 1.71 bits per heavy atom. The van der Waals surface area contributed by atoms with E-state index in [1.165, 1.54) is 11.3 Å². The Kier molecular flexibility index (Phi) is 4.38. The second-order valence-electron chi connectivity index (χ2n) is 4.42. The minimum Gasteiger partial charge on any atom is -0.373 e. The van der Waals surface area contributed by atoms with Gasteiger partial charge in [0.2, 0.25) is 0 Å². The average Bonchev–Trinajstić information content (AvgIpc) is 2.74. The summed E-state index contributed by atoms with van der Waals surface area (Å²) in [4.78, 5) is 6.76. The first-order chi connectivity index (χ1) is 8.13. The number of nitrogens with two attached hydrogens (primary N) is 1. The van der Waals surface area contributed by atoms with Crippen molar-refractivity contribution < 1.29 is 4.74 Å². The minimum atomic E-state index is 0.00775. The topological polar surface area (TPSA) is 51.4 Å². The van der Waals surface area contributed by atoms with Crippen molar-refractivity contribution in [1.82, 2.24) is 9.88 Å². The van der Waals surface area contributed by atoms with E-state index in [1.54, 1.807) is 6.20 Å². The molecule has 1 aliphatic rings. The number of rotatable bonds is 3. The van der Waals surface area contributed by atoms with Crippen LogP contribution in [0.5, 0.6) is 0 Å². The molecule has 0 radical (unpaired) electrons. The monoisotopic (exact) mass is 275 g/mol. The van der Waals surface area contributed by atoms with Gasteiger partial charge in [-0.25, -0.2) is 4.98 Å². The van der Waals surface area contributed by atoms with Crippen LogP contribution in [0.3, 0.4) is 0 Å². The number of halogens is 1. The summed E-state index contributed by atoms with van der Waals surface area (Å²) in [5, 5.41) is 0.999. The fourth-order valence-corrected chi connectivity index (χ4v) is 3.34. The van der Waals surface area contributed by atoms with Gasteiger partial charge in [-0.05, 0) is 13.8 Å². The maximum atomic E-state index is 5.96. The number of aromatic nitrogens is 1. The van der Waals surface area contributed by atoms with Crippen molar-refractivity contribution in [2.24, 2.45) is 5.73 Å². The Hall–Kier alpha value is -0.200. The molecule has 1 aliphatic heterocycles. The third-order valence-corrected chi connectivity index (χ3v) is 4.22. The average molecular weight is 276 g/mol. The highest BCUT2D eigenvalue weighted by atomic mass is 35.5. The van der Waals surface area contributed by atoms with E-state index in [0.29, 0.717) is 16.9 Å². The molecule has 2 atom stereocenters. The van der Waals surface area contributed by atoms with Crippen LogP contribution in [0.15, 0.2) is 6.20 Å². The molecule has 1 saturated heterocycles. The normalized spacial score (nSPS) is 26.6. The van der Waals surface area contributed by atoms with Crippen molar-refractivity contribution >= 4 is 22.9 Å². The highest BCUT2D eigenvalue weighted by Crippen LogP contribution is 2.34. The quantitative estimate of drug-likeness (QED) is 0.916. The SMILES string of the molecule is CC(C)N1CCOC(CN)C1c1ncc(Cl)s1. The molecule has 6 heteroatoms. The van der Waals surface area contributed by atoms with Crippen molar-refractivity contribution in [3.05, 3.63) is 15.5 Å². The summed E-state index contributed by atoms with van der Waals surface area (Å²) in [6.45, 7) is 6.51. The summed E-state index contributed by atoms with van der Waals surface area (Å²) in [6, 6.07) is 0.576. The molecule has 0 aliphatic carbocycles. The predicted octanol–water partition coefficient (Wildman–Crippen LogP) is 1.91. The summed E-state index contributed by atoms with van der Waals surface area (Å²) in [5.41, 5.74) is 5.79. The van der Waals surface area contributed by atoms with Gasteiger partial charge in [0.25, 0.3) is 0 Å². The van der Waals surface area contributed by atoms with E-state index >= 15 is 0 Å². The second-order valence-corrected chi connectivity index (χ2v) is 6.12. The molecule has 17 heavy (non-hydrogen) atoms. The van der Waals surface area contributed by atoms with Crippen LogP contribution >= 0.6 is 22.9 Å². The largest absolute Gasteiger partial charge is 0.373 e. The minimum absolute atomic E-state index is 0.00775. The van der Waals surface area contributed by atoms with Gasteiger partial charge in [-0.15, -0.1) is 11.3 Å². The van der Waals surface area contributed by atoms with E-state index < -0.39 is 0 Å². The van der Waals surface area contributed by atoms with Gasteiger partial charge >= 0.3 is 0 Å². The summed E-state index contributed by atoms with van der Waals surface area (Å²) in [5.74, 6) is 0. The van der Waals surface area contributed by atoms with Crippen LogP contribution in [0.2, 0.25) is 4.34 Å². The lowest BCUT2D eigenvalue weighted by atomic mass is 10.1. The molecular weight excluding hydrogens is 258 g/mol. The molecule has 1 aromatic heterocycles. The van der Waals surface area contributed by atoms with Crippen molar-refractivity contribution in [2.75, 3.05) is 19.7 Å². The maximum Gasteiger partial charge on any atom is 0.114 e. The highest BCUT2D eigenvalue weighted by molar-refractivity contribution is 7.15. The van der Waals surface area contributed by atoms with Crippen molar-refractivity contribution in [2.45, 2.75) is 32.0 Å². The second kappa shape index (κ2) is 5.63. The van der Waals surface area contributed by atoms with Crippen molar-refractivity contribution in [3.8, 4) is 0 Å². The molecule has 0 saturated carbocycles. The Morgan fingerprint density at radius 2 is 2.47 bits per heavy atom. The van der Waals surface area contributed by atoms with Crippen LogP contribution in [0.25, 0.3) is 0 Å². The zero-order chi connectivity index (χ0) is 12.4. The standard InChI is InChI=1S/C11H18ClN3OS/c1-7(2)15-3-4-16-8(5-13)10(15)11-14-6-9(12)17-11/h6-8,10H,3-5,13H2,1-2H3. The van der Waals surface area contributed by atoms with E-state index in [-0.39, 0.29) is 12.1 Å². The number of thiazole rings is 1. The molecule has 2 N–H and O–H groups in total. The van der Waals surface area contributed by atoms with E-state index in [9.17, 15) is 0 Å².